The molecule has 0 atom stereocenters. The van der Waals surface area contributed by atoms with Crippen molar-refractivity contribution in [3.8, 4) is 0 Å². The molecular weight excluding hydrogens is 262 g/mol. The first kappa shape index (κ1) is 13.5. The van der Waals surface area contributed by atoms with E-state index < -0.39 is 0 Å². The maximum Gasteiger partial charge on any atom is 0.239 e. The number of hydrogen-bond acceptors (Lipinski definition) is 6. The summed E-state index contributed by atoms with van der Waals surface area (Å²) in [5.74, 6) is 0.735. The van der Waals surface area contributed by atoms with Crippen LogP contribution in [-0.2, 0) is 4.79 Å². The van der Waals surface area contributed by atoms with Gasteiger partial charge in [0.05, 0.1) is 11.9 Å². The average molecular weight is 279 g/mol. The van der Waals surface area contributed by atoms with Crippen LogP contribution in [0, 0.1) is 6.92 Å². The van der Waals surface area contributed by atoms with Crippen molar-refractivity contribution < 1.29 is 4.79 Å². The Morgan fingerprint density at radius 1 is 1.47 bits per heavy atom. The molecule has 0 spiro atoms. The molecule has 7 heteroatoms. The van der Waals surface area contributed by atoms with E-state index >= 15 is 0 Å². The summed E-state index contributed by atoms with van der Waals surface area (Å²) >= 11 is 1.55. The smallest absolute Gasteiger partial charge is 0.239 e. The van der Waals surface area contributed by atoms with Gasteiger partial charge in [0.15, 0.2) is 0 Å². The Kier molecular flexibility index (Phi) is 3.84. The number of aromatic nitrogens is 2. The molecule has 2 rings (SSSR count). The Morgan fingerprint density at radius 2 is 2.21 bits per heavy atom. The normalized spacial score (nSPS) is 10.9. The lowest BCUT2D eigenvalue weighted by molar-refractivity contribution is -0.119. The third-order valence-electron chi connectivity index (χ3n) is 2.40. The van der Waals surface area contributed by atoms with Gasteiger partial charge in [-0.1, -0.05) is 0 Å². The van der Waals surface area contributed by atoms with Gasteiger partial charge in [0.2, 0.25) is 11.9 Å². The van der Waals surface area contributed by atoms with Crippen LogP contribution in [0.5, 0.6) is 0 Å². The highest BCUT2D eigenvalue weighted by Gasteiger charge is 2.10. The highest BCUT2D eigenvalue weighted by molar-refractivity contribution is 7.18. The number of nitrogens with two attached hydrogens (primary N) is 1. The van der Waals surface area contributed by atoms with Gasteiger partial charge in [-0.15, -0.1) is 11.3 Å². The minimum absolute atomic E-state index is 0.0766. The van der Waals surface area contributed by atoms with E-state index in [0.717, 1.165) is 15.1 Å². The number of amides is 1. The van der Waals surface area contributed by atoms with Crippen molar-refractivity contribution in [2.75, 3.05) is 17.6 Å². The Hall–Kier alpha value is -1.89. The molecule has 0 aromatic carbocycles. The second-order valence-electron chi connectivity index (χ2n) is 4.58. The van der Waals surface area contributed by atoms with Gasteiger partial charge in [0.1, 0.15) is 10.6 Å². The Labute approximate surface area is 115 Å². The number of fused-ring (bicyclic) bond motifs is 1. The fourth-order valence-electron chi connectivity index (χ4n) is 1.73. The van der Waals surface area contributed by atoms with Crippen molar-refractivity contribution in [1.29, 1.82) is 0 Å². The standard InChI is InChI=1S/C12H17N5OS/c1-6(2)15-9(18)5-14-10-8-4-7(3)19-11(8)17-12(13)16-10/h4,6H,5H2,1-3H3,(H,15,18)(H3,13,14,16,17). The number of nitrogens with zero attached hydrogens (tertiary/aromatic N) is 2. The largest absolute Gasteiger partial charge is 0.368 e. The van der Waals surface area contributed by atoms with E-state index in [1.54, 1.807) is 11.3 Å². The van der Waals surface area contributed by atoms with Crippen molar-refractivity contribution in [3.63, 3.8) is 0 Å². The quantitative estimate of drug-likeness (QED) is 0.789. The fourth-order valence-corrected chi connectivity index (χ4v) is 2.62. The number of nitrogen functional groups attached to an aromatic ring is 1. The molecule has 0 unspecified atom stereocenters. The number of carbonyl (C=O) groups excluding carboxylic acids is 1. The predicted octanol–water partition coefficient (Wildman–Crippen LogP) is 1.52. The number of thiophene rings is 1. The minimum atomic E-state index is -0.0766. The molecule has 0 saturated heterocycles. The van der Waals surface area contributed by atoms with E-state index in [1.807, 2.05) is 26.8 Å². The summed E-state index contributed by atoms with van der Waals surface area (Å²) in [5.41, 5.74) is 5.66. The Morgan fingerprint density at radius 3 is 2.89 bits per heavy atom. The molecule has 0 radical (unpaired) electrons. The van der Waals surface area contributed by atoms with E-state index in [0.29, 0.717) is 5.82 Å². The lowest BCUT2D eigenvalue weighted by Crippen LogP contribution is -2.35. The molecule has 0 aliphatic heterocycles. The summed E-state index contributed by atoms with van der Waals surface area (Å²) in [7, 11) is 0. The number of hydrogen-bond donors (Lipinski definition) is 3. The van der Waals surface area contributed by atoms with E-state index in [9.17, 15) is 4.79 Å². The first-order chi connectivity index (χ1) is 8.95. The summed E-state index contributed by atoms with van der Waals surface area (Å²) in [6.45, 7) is 6.00. The van der Waals surface area contributed by atoms with Gasteiger partial charge in [0, 0.05) is 10.9 Å². The van der Waals surface area contributed by atoms with Crippen LogP contribution in [0.4, 0.5) is 11.8 Å². The fraction of sp³-hybridized carbons (Fsp3) is 0.417. The van der Waals surface area contributed by atoms with Crippen LogP contribution in [0.25, 0.3) is 10.2 Å². The molecule has 0 aliphatic carbocycles. The second-order valence-corrected chi connectivity index (χ2v) is 5.82. The summed E-state index contributed by atoms with van der Waals surface area (Å²) in [4.78, 5) is 21.9. The molecule has 2 aromatic heterocycles. The molecule has 4 N–H and O–H groups in total. The van der Waals surface area contributed by atoms with Gasteiger partial charge >= 0.3 is 0 Å². The zero-order valence-corrected chi connectivity index (χ0v) is 12.0. The van der Waals surface area contributed by atoms with Gasteiger partial charge in [-0.2, -0.15) is 4.98 Å². The lowest BCUT2D eigenvalue weighted by atomic mass is 10.3. The second kappa shape index (κ2) is 5.40. The van der Waals surface area contributed by atoms with Crippen molar-refractivity contribution >= 4 is 39.2 Å². The first-order valence-electron chi connectivity index (χ1n) is 6.02. The highest BCUT2D eigenvalue weighted by Crippen LogP contribution is 2.28. The highest BCUT2D eigenvalue weighted by atomic mass is 32.1. The average Bonchev–Trinajstić information content (AvgIpc) is 2.65. The van der Waals surface area contributed by atoms with Crippen LogP contribution in [-0.4, -0.2) is 28.5 Å². The van der Waals surface area contributed by atoms with Crippen molar-refractivity contribution in [1.82, 2.24) is 15.3 Å². The van der Waals surface area contributed by atoms with Gasteiger partial charge in [-0.25, -0.2) is 4.98 Å². The van der Waals surface area contributed by atoms with Crippen molar-refractivity contribution in [2.45, 2.75) is 26.8 Å². The molecule has 0 bridgehead atoms. The zero-order chi connectivity index (χ0) is 14.0. The minimum Gasteiger partial charge on any atom is -0.368 e. The molecule has 2 aromatic rings. The predicted molar refractivity (Wildman–Crippen MR) is 78.3 cm³/mol. The molecule has 102 valence electrons. The summed E-state index contributed by atoms with van der Waals surface area (Å²) in [6, 6.07) is 2.11. The maximum absolute atomic E-state index is 11.6. The van der Waals surface area contributed by atoms with Gasteiger partial charge in [-0.05, 0) is 26.8 Å². The van der Waals surface area contributed by atoms with Gasteiger partial charge in [0.25, 0.3) is 0 Å². The third kappa shape index (κ3) is 3.31. The lowest BCUT2D eigenvalue weighted by Gasteiger charge is -2.10. The summed E-state index contributed by atoms with van der Waals surface area (Å²) < 4.78 is 0. The molecule has 0 aliphatic rings. The summed E-state index contributed by atoms with van der Waals surface area (Å²) in [6.07, 6.45) is 0. The molecule has 0 fully saturated rings. The number of carbonyl (C=O) groups is 1. The zero-order valence-electron chi connectivity index (χ0n) is 11.2. The van der Waals surface area contributed by atoms with Gasteiger partial charge < -0.3 is 16.4 Å². The summed E-state index contributed by atoms with van der Waals surface area (Å²) in [5, 5.41) is 6.72. The van der Waals surface area contributed by atoms with Crippen LogP contribution in [0.1, 0.15) is 18.7 Å². The van der Waals surface area contributed by atoms with E-state index in [2.05, 4.69) is 20.6 Å². The molecule has 1 amide bonds. The van der Waals surface area contributed by atoms with Crippen molar-refractivity contribution in [2.24, 2.45) is 0 Å². The van der Waals surface area contributed by atoms with Crippen LogP contribution in [0.3, 0.4) is 0 Å². The third-order valence-corrected chi connectivity index (χ3v) is 3.34. The first-order valence-corrected chi connectivity index (χ1v) is 6.84. The SMILES string of the molecule is Cc1cc2c(NCC(=O)NC(C)C)nc(N)nc2s1. The molecule has 6 nitrogen and oxygen atoms in total. The monoisotopic (exact) mass is 279 g/mol. The Bertz CT molecular complexity index is 607. The maximum atomic E-state index is 11.6. The van der Waals surface area contributed by atoms with E-state index in [4.69, 9.17) is 5.73 Å². The van der Waals surface area contributed by atoms with Crippen LogP contribution < -0.4 is 16.4 Å². The Balaban J connectivity index is 2.18. The van der Waals surface area contributed by atoms with E-state index in [1.165, 1.54) is 0 Å². The van der Waals surface area contributed by atoms with Gasteiger partial charge in [-0.3, -0.25) is 4.79 Å². The van der Waals surface area contributed by atoms with Crippen LogP contribution >= 0.6 is 11.3 Å². The number of rotatable bonds is 4. The molecule has 19 heavy (non-hydrogen) atoms. The topological polar surface area (TPSA) is 92.9 Å². The molecular formula is C12H17N5OS. The number of anilines is 2. The van der Waals surface area contributed by atoms with Crippen LogP contribution in [0.2, 0.25) is 0 Å². The molecule has 2 heterocycles. The molecule has 0 saturated carbocycles. The van der Waals surface area contributed by atoms with Crippen molar-refractivity contribution in [3.05, 3.63) is 10.9 Å². The van der Waals surface area contributed by atoms with E-state index in [-0.39, 0.29) is 24.4 Å². The van der Waals surface area contributed by atoms with Crippen LogP contribution in [0.15, 0.2) is 6.07 Å². The number of aryl methyl sites for hydroxylation is 1. The number of nitrogens with one attached hydrogen (secondary N) is 2.